The highest BCUT2D eigenvalue weighted by Crippen LogP contribution is 2.37. The van der Waals surface area contributed by atoms with Crippen molar-refractivity contribution in [1.29, 1.82) is 0 Å². The van der Waals surface area contributed by atoms with Gasteiger partial charge in [0.25, 0.3) is 0 Å². The summed E-state index contributed by atoms with van der Waals surface area (Å²) < 4.78 is 0. The summed E-state index contributed by atoms with van der Waals surface area (Å²) in [5, 5.41) is 3.37. The Labute approximate surface area is 95.8 Å². The van der Waals surface area contributed by atoms with Crippen molar-refractivity contribution in [3.63, 3.8) is 0 Å². The number of hydrogen-bond acceptors (Lipinski definition) is 5. The maximum absolute atomic E-state index is 5.41. The Hall–Kier alpha value is -1.36. The van der Waals surface area contributed by atoms with Crippen LogP contribution in [-0.4, -0.2) is 16.5 Å². The van der Waals surface area contributed by atoms with E-state index in [1.807, 2.05) is 13.8 Å². The van der Waals surface area contributed by atoms with Crippen molar-refractivity contribution in [2.24, 2.45) is 17.7 Å². The number of nitrogens with two attached hydrogens (primary N) is 1. The van der Waals surface area contributed by atoms with Gasteiger partial charge in [0.1, 0.15) is 17.5 Å². The van der Waals surface area contributed by atoms with Crippen molar-refractivity contribution in [3.05, 3.63) is 11.4 Å². The minimum Gasteiger partial charge on any atom is -0.369 e. The van der Waals surface area contributed by atoms with Crippen LogP contribution in [0.5, 0.6) is 0 Å². The molecule has 0 spiro atoms. The Morgan fingerprint density at radius 2 is 1.94 bits per heavy atom. The van der Waals surface area contributed by atoms with Crippen molar-refractivity contribution in [1.82, 2.24) is 9.97 Å². The average molecular weight is 221 g/mol. The third kappa shape index (κ3) is 2.24. The van der Waals surface area contributed by atoms with Crippen LogP contribution >= 0.6 is 0 Å². The highest BCUT2D eigenvalue weighted by Gasteiger charge is 2.32. The zero-order chi connectivity index (χ0) is 11.7. The van der Waals surface area contributed by atoms with Crippen LogP contribution in [0.1, 0.15) is 24.7 Å². The number of anilines is 2. The van der Waals surface area contributed by atoms with Crippen molar-refractivity contribution in [2.45, 2.75) is 27.2 Å². The highest BCUT2D eigenvalue weighted by atomic mass is 15.3. The summed E-state index contributed by atoms with van der Waals surface area (Å²) in [4.78, 5) is 8.61. The third-order valence-corrected chi connectivity index (χ3v) is 3.20. The van der Waals surface area contributed by atoms with Crippen LogP contribution in [0.3, 0.4) is 0 Å². The molecule has 1 aromatic rings. The molecule has 1 aliphatic carbocycles. The van der Waals surface area contributed by atoms with E-state index in [9.17, 15) is 0 Å². The zero-order valence-corrected chi connectivity index (χ0v) is 10.0. The van der Waals surface area contributed by atoms with Gasteiger partial charge >= 0.3 is 0 Å². The fraction of sp³-hybridized carbons (Fsp3) is 0.636. The maximum Gasteiger partial charge on any atom is 0.148 e. The second-order valence-electron chi connectivity index (χ2n) is 4.59. The first-order valence-corrected chi connectivity index (χ1v) is 5.67. The lowest BCUT2D eigenvalue weighted by atomic mass is 10.3. The van der Waals surface area contributed by atoms with Crippen molar-refractivity contribution in [2.75, 3.05) is 17.3 Å². The highest BCUT2D eigenvalue weighted by molar-refractivity contribution is 5.56. The lowest BCUT2D eigenvalue weighted by Crippen LogP contribution is -2.15. The number of hydrogen-bond donors (Lipinski definition) is 3. The Bertz CT molecular complexity index is 390. The predicted molar refractivity (Wildman–Crippen MR) is 65.1 cm³/mol. The van der Waals surface area contributed by atoms with E-state index in [1.165, 1.54) is 6.42 Å². The van der Waals surface area contributed by atoms with Gasteiger partial charge in [-0.25, -0.2) is 15.8 Å². The molecular weight excluding hydrogens is 202 g/mol. The molecule has 5 heteroatoms. The summed E-state index contributed by atoms with van der Waals surface area (Å²) in [5.74, 6) is 9.36. The molecule has 2 unspecified atom stereocenters. The number of nitrogen functional groups attached to an aromatic ring is 1. The summed E-state index contributed by atoms with van der Waals surface area (Å²) in [6.07, 6.45) is 1.32. The SMILES string of the molecule is Cc1nc(NN)c(C)c(NCC2CC2C)n1. The summed E-state index contributed by atoms with van der Waals surface area (Å²) in [5.41, 5.74) is 3.57. The predicted octanol–water partition coefficient (Wildman–Crippen LogP) is 1.45. The van der Waals surface area contributed by atoms with E-state index in [0.717, 1.165) is 35.6 Å². The zero-order valence-electron chi connectivity index (χ0n) is 10.0. The smallest absolute Gasteiger partial charge is 0.148 e. The van der Waals surface area contributed by atoms with E-state index >= 15 is 0 Å². The fourth-order valence-corrected chi connectivity index (χ4v) is 1.85. The molecule has 0 amide bonds. The first kappa shape index (κ1) is 11.1. The minimum atomic E-state index is 0.693. The monoisotopic (exact) mass is 221 g/mol. The first-order chi connectivity index (χ1) is 7.61. The van der Waals surface area contributed by atoms with Gasteiger partial charge in [0.15, 0.2) is 0 Å². The van der Waals surface area contributed by atoms with Crippen molar-refractivity contribution >= 4 is 11.6 Å². The summed E-state index contributed by atoms with van der Waals surface area (Å²) in [6.45, 7) is 7.10. The molecule has 1 aromatic heterocycles. The molecule has 0 aromatic carbocycles. The van der Waals surface area contributed by atoms with Gasteiger partial charge in [0.2, 0.25) is 0 Å². The van der Waals surface area contributed by atoms with Gasteiger partial charge in [-0.15, -0.1) is 0 Å². The lowest BCUT2D eigenvalue weighted by molar-refractivity contribution is 0.782. The normalized spacial score (nSPS) is 23.0. The van der Waals surface area contributed by atoms with E-state index in [2.05, 4.69) is 27.6 Å². The number of aryl methyl sites for hydroxylation is 1. The molecular formula is C11H19N5. The van der Waals surface area contributed by atoms with Crippen LogP contribution in [0.2, 0.25) is 0 Å². The van der Waals surface area contributed by atoms with E-state index in [0.29, 0.717) is 5.82 Å². The molecule has 5 nitrogen and oxygen atoms in total. The maximum atomic E-state index is 5.41. The molecule has 1 aliphatic rings. The standard InChI is InChI=1S/C11H19N5/c1-6-4-9(6)5-13-10-7(2)11(16-12)15-8(3)14-10/h6,9H,4-5,12H2,1-3H3,(H2,13,14,15,16). The molecule has 88 valence electrons. The molecule has 1 fully saturated rings. The lowest BCUT2D eigenvalue weighted by Gasteiger charge is -2.12. The van der Waals surface area contributed by atoms with E-state index in [4.69, 9.17) is 5.84 Å². The fourth-order valence-electron chi connectivity index (χ4n) is 1.85. The largest absolute Gasteiger partial charge is 0.369 e. The summed E-state index contributed by atoms with van der Waals surface area (Å²) >= 11 is 0. The summed E-state index contributed by atoms with van der Waals surface area (Å²) in [6, 6.07) is 0. The van der Waals surface area contributed by atoms with Crippen LogP contribution in [-0.2, 0) is 0 Å². The molecule has 1 heterocycles. The Morgan fingerprint density at radius 1 is 1.31 bits per heavy atom. The van der Waals surface area contributed by atoms with Gasteiger partial charge in [-0.05, 0) is 32.1 Å². The average Bonchev–Trinajstić information content (AvgIpc) is 2.95. The quantitative estimate of drug-likeness (QED) is 0.530. The molecule has 0 radical (unpaired) electrons. The Kier molecular flexibility index (Phi) is 2.96. The number of rotatable bonds is 4. The Morgan fingerprint density at radius 3 is 2.50 bits per heavy atom. The molecule has 2 rings (SSSR count). The molecule has 4 N–H and O–H groups in total. The van der Waals surface area contributed by atoms with E-state index < -0.39 is 0 Å². The van der Waals surface area contributed by atoms with Crippen molar-refractivity contribution in [3.8, 4) is 0 Å². The number of nitrogens with one attached hydrogen (secondary N) is 2. The second-order valence-corrected chi connectivity index (χ2v) is 4.59. The molecule has 0 bridgehead atoms. The van der Waals surface area contributed by atoms with Crippen LogP contribution < -0.4 is 16.6 Å². The minimum absolute atomic E-state index is 0.693. The number of aromatic nitrogens is 2. The van der Waals surface area contributed by atoms with Crippen LogP contribution in [0.15, 0.2) is 0 Å². The summed E-state index contributed by atoms with van der Waals surface area (Å²) in [7, 11) is 0. The topological polar surface area (TPSA) is 75.9 Å². The van der Waals surface area contributed by atoms with E-state index in [-0.39, 0.29) is 0 Å². The van der Waals surface area contributed by atoms with Gasteiger partial charge in [-0.3, -0.25) is 0 Å². The van der Waals surface area contributed by atoms with Gasteiger partial charge in [-0.1, -0.05) is 6.92 Å². The molecule has 2 atom stereocenters. The van der Waals surface area contributed by atoms with Crippen LogP contribution in [0, 0.1) is 25.7 Å². The molecule has 0 saturated heterocycles. The molecule has 16 heavy (non-hydrogen) atoms. The molecule has 1 saturated carbocycles. The molecule has 0 aliphatic heterocycles. The van der Waals surface area contributed by atoms with Crippen LogP contribution in [0.25, 0.3) is 0 Å². The van der Waals surface area contributed by atoms with Crippen LogP contribution in [0.4, 0.5) is 11.6 Å². The second kappa shape index (κ2) is 4.25. The van der Waals surface area contributed by atoms with Crippen molar-refractivity contribution < 1.29 is 0 Å². The van der Waals surface area contributed by atoms with Gasteiger partial charge in [-0.2, -0.15) is 0 Å². The number of nitrogens with zero attached hydrogens (tertiary/aromatic N) is 2. The first-order valence-electron chi connectivity index (χ1n) is 5.67. The van der Waals surface area contributed by atoms with E-state index in [1.54, 1.807) is 0 Å². The third-order valence-electron chi connectivity index (χ3n) is 3.20. The van der Waals surface area contributed by atoms with Gasteiger partial charge < -0.3 is 10.7 Å². The Balaban J connectivity index is 2.09. The van der Waals surface area contributed by atoms with Gasteiger partial charge in [0.05, 0.1) is 0 Å². The van der Waals surface area contributed by atoms with Gasteiger partial charge in [0, 0.05) is 12.1 Å². The number of hydrazine groups is 1.